The SMILES string of the molecule is CSc1cc(-c2ccc(C)cc2)c(C(=O)O)s1. The van der Waals surface area contributed by atoms with Crippen molar-refractivity contribution in [3.05, 3.63) is 40.8 Å². The summed E-state index contributed by atoms with van der Waals surface area (Å²) < 4.78 is 1.03. The van der Waals surface area contributed by atoms with Crippen molar-refractivity contribution in [3.8, 4) is 11.1 Å². The highest BCUT2D eigenvalue weighted by atomic mass is 32.2. The van der Waals surface area contributed by atoms with Crippen LogP contribution in [0.3, 0.4) is 0 Å². The Morgan fingerprint density at radius 2 is 1.94 bits per heavy atom. The Labute approximate surface area is 108 Å². The van der Waals surface area contributed by atoms with Crippen molar-refractivity contribution in [2.75, 3.05) is 6.26 Å². The van der Waals surface area contributed by atoms with Gasteiger partial charge in [-0.05, 0) is 24.8 Å². The number of thiophene rings is 1. The summed E-state index contributed by atoms with van der Waals surface area (Å²) in [5.41, 5.74) is 2.95. The van der Waals surface area contributed by atoms with E-state index in [0.29, 0.717) is 4.88 Å². The summed E-state index contributed by atoms with van der Waals surface area (Å²) in [5.74, 6) is -0.856. The zero-order valence-corrected chi connectivity index (χ0v) is 11.2. The molecule has 0 amide bonds. The number of rotatable bonds is 3. The summed E-state index contributed by atoms with van der Waals surface area (Å²) in [6, 6.07) is 9.88. The van der Waals surface area contributed by atoms with Gasteiger partial charge in [-0.3, -0.25) is 0 Å². The third-order valence-electron chi connectivity index (χ3n) is 2.47. The van der Waals surface area contributed by atoms with Gasteiger partial charge in [0.1, 0.15) is 4.88 Å². The maximum absolute atomic E-state index is 11.2. The van der Waals surface area contributed by atoms with E-state index in [9.17, 15) is 9.90 Å². The van der Waals surface area contributed by atoms with Gasteiger partial charge < -0.3 is 5.11 Å². The minimum Gasteiger partial charge on any atom is -0.477 e. The lowest BCUT2D eigenvalue weighted by molar-refractivity contribution is 0.0703. The first kappa shape index (κ1) is 12.2. The predicted octanol–water partition coefficient (Wildman–Crippen LogP) is 4.14. The summed E-state index contributed by atoms with van der Waals surface area (Å²) in [5, 5.41) is 9.19. The van der Waals surface area contributed by atoms with Crippen LogP contribution in [0.1, 0.15) is 15.2 Å². The van der Waals surface area contributed by atoms with E-state index < -0.39 is 5.97 Å². The van der Waals surface area contributed by atoms with E-state index in [1.165, 1.54) is 16.9 Å². The van der Waals surface area contributed by atoms with Gasteiger partial charge in [0.25, 0.3) is 0 Å². The van der Waals surface area contributed by atoms with Crippen LogP contribution in [-0.2, 0) is 0 Å². The fourth-order valence-electron chi connectivity index (χ4n) is 1.58. The summed E-state index contributed by atoms with van der Waals surface area (Å²) in [6.07, 6.45) is 1.95. The van der Waals surface area contributed by atoms with Crippen LogP contribution in [0.4, 0.5) is 0 Å². The number of carboxylic acids is 1. The van der Waals surface area contributed by atoms with Gasteiger partial charge in [0.15, 0.2) is 0 Å². The summed E-state index contributed by atoms with van der Waals surface area (Å²) >= 11 is 2.90. The molecule has 1 N–H and O–H groups in total. The molecule has 0 aliphatic carbocycles. The zero-order valence-electron chi connectivity index (χ0n) is 9.56. The molecule has 0 unspecified atom stereocenters. The van der Waals surface area contributed by atoms with Crippen molar-refractivity contribution in [3.63, 3.8) is 0 Å². The molecule has 2 nitrogen and oxygen atoms in total. The average Bonchev–Trinajstić information content (AvgIpc) is 2.74. The highest BCUT2D eigenvalue weighted by Crippen LogP contribution is 2.36. The molecule has 88 valence electrons. The van der Waals surface area contributed by atoms with Crippen LogP contribution in [-0.4, -0.2) is 17.3 Å². The average molecular weight is 264 g/mol. The molecule has 0 spiro atoms. The molecule has 1 aromatic carbocycles. The highest BCUT2D eigenvalue weighted by Gasteiger charge is 2.16. The van der Waals surface area contributed by atoms with Crippen molar-refractivity contribution in [2.45, 2.75) is 11.1 Å². The Hall–Kier alpha value is -1.26. The monoisotopic (exact) mass is 264 g/mol. The van der Waals surface area contributed by atoms with Gasteiger partial charge in [0, 0.05) is 5.56 Å². The Kier molecular flexibility index (Phi) is 3.54. The highest BCUT2D eigenvalue weighted by molar-refractivity contribution is 8.00. The number of hydrogen-bond acceptors (Lipinski definition) is 3. The number of thioether (sulfide) groups is 1. The smallest absolute Gasteiger partial charge is 0.346 e. The normalized spacial score (nSPS) is 10.5. The van der Waals surface area contributed by atoms with Crippen LogP contribution in [0.2, 0.25) is 0 Å². The molecule has 1 aromatic heterocycles. The van der Waals surface area contributed by atoms with Gasteiger partial charge in [-0.25, -0.2) is 4.79 Å². The maximum Gasteiger partial charge on any atom is 0.346 e. The first-order chi connectivity index (χ1) is 8.11. The van der Waals surface area contributed by atoms with Crippen LogP contribution >= 0.6 is 23.1 Å². The summed E-state index contributed by atoms with van der Waals surface area (Å²) in [4.78, 5) is 11.6. The standard InChI is InChI=1S/C13H12O2S2/c1-8-3-5-9(6-4-8)10-7-11(16-2)17-12(10)13(14)15/h3-7H,1-2H3,(H,14,15). The fraction of sp³-hybridized carbons (Fsp3) is 0.154. The van der Waals surface area contributed by atoms with E-state index in [2.05, 4.69) is 0 Å². The van der Waals surface area contributed by atoms with Gasteiger partial charge in [0.2, 0.25) is 0 Å². The lowest BCUT2D eigenvalue weighted by atomic mass is 10.1. The molecule has 0 radical (unpaired) electrons. The quantitative estimate of drug-likeness (QED) is 0.846. The zero-order chi connectivity index (χ0) is 12.4. The number of hydrogen-bond donors (Lipinski definition) is 1. The van der Waals surface area contributed by atoms with Crippen LogP contribution in [0.25, 0.3) is 11.1 Å². The largest absolute Gasteiger partial charge is 0.477 e. The first-order valence-electron chi connectivity index (χ1n) is 5.10. The van der Waals surface area contributed by atoms with Crippen LogP contribution in [0.15, 0.2) is 34.5 Å². The molecule has 0 aliphatic rings. The van der Waals surface area contributed by atoms with E-state index in [4.69, 9.17) is 0 Å². The minimum atomic E-state index is -0.856. The van der Waals surface area contributed by atoms with Gasteiger partial charge in [0.05, 0.1) is 4.21 Å². The molecule has 0 bridgehead atoms. The second-order valence-corrected chi connectivity index (χ2v) is 5.84. The maximum atomic E-state index is 11.2. The molecule has 4 heteroatoms. The van der Waals surface area contributed by atoms with E-state index in [1.54, 1.807) is 11.8 Å². The molecule has 2 rings (SSSR count). The number of aromatic carboxylic acids is 1. The van der Waals surface area contributed by atoms with Crippen LogP contribution in [0.5, 0.6) is 0 Å². The Morgan fingerprint density at radius 3 is 2.47 bits per heavy atom. The second kappa shape index (κ2) is 4.94. The number of carboxylic acid groups (broad SMARTS) is 1. The Bertz CT molecular complexity index is 541. The summed E-state index contributed by atoms with van der Waals surface area (Å²) in [6.45, 7) is 2.02. The first-order valence-corrected chi connectivity index (χ1v) is 7.14. The summed E-state index contributed by atoms with van der Waals surface area (Å²) in [7, 11) is 0. The molecule has 0 saturated heterocycles. The Morgan fingerprint density at radius 1 is 1.29 bits per heavy atom. The molecule has 0 fully saturated rings. The molecular weight excluding hydrogens is 252 g/mol. The molecule has 2 aromatic rings. The lowest BCUT2D eigenvalue weighted by Crippen LogP contribution is -1.94. The topological polar surface area (TPSA) is 37.3 Å². The van der Waals surface area contributed by atoms with E-state index >= 15 is 0 Å². The lowest BCUT2D eigenvalue weighted by Gasteiger charge is -2.00. The number of benzene rings is 1. The molecule has 1 heterocycles. The molecule has 0 saturated carbocycles. The van der Waals surface area contributed by atoms with Crippen molar-refractivity contribution in [1.29, 1.82) is 0 Å². The van der Waals surface area contributed by atoms with Crippen molar-refractivity contribution >= 4 is 29.1 Å². The van der Waals surface area contributed by atoms with E-state index in [1.807, 2.05) is 43.5 Å². The van der Waals surface area contributed by atoms with Crippen LogP contribution in [0, 0.1) is 6.92 Å². The van der Waals surface area contributed by atoms with E-state index in [-0.39, 0.29) is 0 Å². The predicted molar refractivity (Wildman–Crippen MR) is 73.2 cm³/mol. The van der Waals surface area contributed by atoms with Gasteiger partial charge in [-0.2, -0.15) is 0 Å². The van der Waals surface area contributed by atoms with Crippen molar-refractivity contribution < 1.29 is 9.90 Å². The van der Waals surface area contributed by atoms with Gasteiger partial charge in [-0.1, -0.05) is 29.8 Å². The van der Waals surface area contributed by atoms with E-state index in [0.717, 1.165) is 15.3 Å². The van der Waals surface area contributed by atoms with Crippen molar-refractivity contribution in [2.24, 2.45) is 0 Å². The molecule has 0 aliphatic heterocycles. The fourth-order valence-corrected chi connectivity index (χ4v) is 3.15. The Balaban J connectivity index is 2.53. The molecular formula is C13H12O2S2. The minimum absolute atomic E-state index is 0.415. The molecule has 17 heavy (non-hydrogen) atoms. The van der Waals surface area contributed by atoms with Gasteiger partial charge in [-0.15, -0.1) is 23.1 Å². The second-order valence-electron chi connectivity index (χ2n) is 3.68. The number of carbonyl (C=O) groups is 1. The van der Waals surface area contributed by atoms with Crippen LogP contribution < -0.4 is 0 Å². The van der Waals surface area contributed by atoms with Crippen molar-refractivity contribution in [1.82, 2.24) is 0 Å². The third kappa shape index (κ3) is 2.53. The third-order valence-corrected chi connectivity index (χ3v) is 4.66. The number of aryl methyl sites for hydroxylation is 1. The van der Waals surface area contributed by atoms with Gasteiger partial charge >= 0.3 is 5.97 Å². The molecule has 0 atom stereocenters.